The predicted octanol–water partition coefficient (Wildman–Crippen LogP) is 2.15. The van der Waals surface area contributed by atoms with Crippen LogP contribution >= 0.6 is 0 Å². The smallest absolute Gasteiger partial charge is 0.308 e. The summed E-state index contributed by atoms with van der Waals surface area (Å²) in [6.07, 6.45) is 3.52. The maximum Gasteiger partial charge on any atom is 0.308 e. The van der Waals surface area contributed by atoms with E-state index in [-0.39, 0.29) is 11.9 Å². The third-order valence-corrected chi connectivity index (χ3v) is 4.03. The first-order valence-electron chi connectivity index (χ1n) is 7.71. The molecule has 5 nitrogen and oxygen atoms in total. The van der Waals surface area contributed by atoms with Crippen molar-refractivity contribution >= 4 is 12.3 Å². The van der Waals surface area contributed by atoms with Crippen LogP contribution in [-0.2, 0) is 9.53 Å². The van der Waals surface area contributed by atoms with E-state index in [0.29, 0.717) is 12.2 Å². The number of likely N-dealkylation sites (tertiary alicyclic amines) is 1. The second-order valence-corrected chi connectivity index (χ2v) is 5.53. The first-order chi connectivity index (χ1) is 10.7. The third kappa shape index (κ3) is 4.84. The fourth-order valence-electron chi connectivity index (χ4n) is 2.68. The number of hydrogen-bond donors (Lipinski definition) is 0. The lowest BCUT2D eigenvalue weighted by atomic mass is 9.97. The Bertz CT molecular complexity index is 478. The van der Waals surface area contributed by atoms with Crippen molar-refractivity contribution in [2.24, 2.45) is 5.92 Å². The summed E-state index contributed by atoms with van der Waals surface area (Å²) in [6, 6.07) is 7.12. The van der Waals surface area contributed by atoms with Crippen LogP contribution in [0.5, 0.6) is 5.75 Å². The third-order valence-electron chi connectivity index (χ3n) is 4.03. The molecule has 5 heteroatoms. The van der Waals surface area contributed by atoms with Gasteiger partial charge in [-0.1, -0.05) is 0 Å². The first-order valence-corrected chi connectivity index (χ1v) is 7.71. The van der Waals surface area contributed by atoms with Crippen molar-refractivity contribution in [1.82, 2.24) is 4.90 Å². The van der Waals surface area contributed by atoms with Gasteiger partial charge in [-0.3, -0.25) is 9.59 Å². The Balaban J connectivity index is 1.61. The quantitative estimate of drug-likeness (QED) is 0.439. The summed E-state index contributed by atoms with van der Waals surface area (Å²) >= 11 is 0. The molecule has 0 aliphatic carbocycles. The molecule has 1 aliphatic rings. The van der Waals surface area contributed by atoms with Crippen molar-refractivity contribution in [1.29, 1.82) is 0 Å². The fraction of sp³-hybridized carbons (Fsp3) is 0.529. The van der Waals surface area contributed by atoms with E-state index in [2.05, 4.69) is 4.90 Å². The number of rotatable bonds is 7. The van der Waals surface area contributed by atoms with Crippen LogP contribution in [0.15, 0.2) is 24.3 Å². The molecule has 0 bridgehead atoms. The van der Waals surface area contributed by atoms with Crippen molar-refractivity contribution in [2.45, 2.75) is 19.3 Å². The summed E-state index contributed by atoms with van der Waals surface area (Å²) in [4.78, 5) is 24.4. The minimum absolute atomic E-state index is 0.0637. The Kier molecular flexibility index (Phi) is 6.40. The Labute approximate surface area is 131 Å². The molecule has 2 rings (SSSR count). The van der Waals surface area contributed by atoms with Crippen LogP contribution in [-0.4, -0.2) is 50.5 Å². The Morgan fingerprint density at radius 3 is 2.55 bits per heavy atom. The van der Waals surface area contributed by atoms with E-state index in [0.717, 1.165) is 50.9 Å². The molecule has 120 valence electrons. The number of aldehydes is 1. The average Bonchev–Trinajstić information content (AvgIpc) is 2.59. The molecule has 1 aliphatic heterocycles. The number of benzene rings is 1. The largest absolute Gasteiger partial charge is 0.494 e. The van der Waals surface area contributed by atoms with Crippen molar-refractivity contribution in [3.63, 3.8) is 0 Å². The highest BCUT2D eigenvalue weighted by Crippen LogP contribution is 2.18. The van der Waals surface area contributed by atoms with Crippen LogP contribution in [0.3, 0.4) is 0 Å². The summed E-state index contributed by atoms with van der Waals surface area (Å²) in [5.74, 6) is 0.769. The molecule has 1 aromatic rings. The fourth-order valence-corrected chi connectivity index (χ4v) is 2.68. The van der Waals surface area contributed by atoms with Gasteiger partial charge in [-0.05, 0) is 56.6 Å². The standard InChI is InChI=1S/C17H23NO4/c1-21-17(20)15-7-10-18(11-8-15)9-2-12-22-16-5-3-14(13-19)4-6-16/h3-6,13,15H,2,7-12H2,1H3. The van der Waals surface area contributed by atoms with E-state index in [1.54, 1.807) is 12.1 Å². The van der Waals surface area contributed by atoms with E-state index in [1.165, 1.54) is 7.11 Å². The molecular formula is C17H23NO4. The van der Waals surface area contributed by atoms with Crippen LogP contribution in [0.1, 0.15) is 29.6 Å². The van der Waals surface area contributed by atoms with Gasteiger partial charge in [0.15, 0.2) is 0 Å². The molecule has 0 saturated carbocycles. The SMILES string of the molecule is COC(=O)C1CCN(CCCOc2ccc(C=O)cc2)CC1. The lowest BCUT2D eigenvalue weighted by Gasteiger charge is -2.30. The summed E-state index contributed by atoms with van der Waals surface area (Å²) in [7, 11) is 1.45. The van der Waals surface area contributed by atoms with Crippen molar-refractivity contribution < 1.29 is 19.1 Å². The van der Waals surface area contributed by atoms with Crippen LogP contribution in [0.2, 0.25) is 0 Å². The molecular weight excluding hydrogens is 282 g/mol. The Morgan fingerprint density at radius 1 is 1.27 bits per heavy atom. The van der Waals surface area contributed by atoms with E-state index in [1.807, 2.05) is 12.1 Å². The van der Waals surface area contributed by atoms with E-state index >= 15 is 0 Å². The molecule has 0 aromatic heterocycles. The van der Waals surface area contributed by atoms with Crippen molar-refractivity contribution in [3.05, 3.63) is 29.8 Å². The summed E-state index contributed by atoms with van der Waals surface area (Å²) in [5.41, 5.74) is 0.654. The van der Waals surface area contributed by atoms with Gasteiger partial charge in [-0.25, -0.2) is 0 Å². The lowest BCUT2D eigenvalue weighted by Crippen LogP contribution is -2.37. The molecule has 22 heavy (non-hydrogen) atoms. The highest BCUT2D eigenvalue weighted by atomic mass is 16.5. The Morgan fingerprint density at radius 2 is 1.95 bits per heavy atom. The maximum atomic E-state index is 11.5. The summed E-state index contributed by atoms with van der Waals surface area (Å²) in [5, 5.41) is 0. The highest BCUT2D eigenvalue weighted by Gasteiger charge is 2.25. The zero-order valence-electron chi connectivity index (χ0n) is 13.0. The van der Waals surface area contributed by atoms with Gasteiger partial charge in [0.1, 0.15) is 12.0 Å². The molecule has 0 unspecified atom stereocenters. The minimum atomic E-state index is -0.0817. The highest BCUT2D eigenvalue weighted by molar-refractivity contribution is 5.74. The average molecular weight is 305 g/mol. The molecule has 0 atom stereocenters. The monoisotopic (exact) mass is 305 g/mol. The van der Waals surface area contributed by atoms with Crippen LogP contribution in [0.25, 0.3) is 0 Å². The zero-order valence-corrected chi connectivity index (χ0v) is 13.0. The number of hydrogen-bond acceptors (Lipinski definition) is 5. The van der Waals surface area contributed by atoms with E-state index < -0.39 is 0 Å². The molecule has 0 N–H and O–H groups in total. The number of ether oxygens (including phenoxy) is 2. The summed E-state index contributed by atoms with van der Waals surface area (Å²) < 4.78 is 10.4. The number of methoxy groups -OCH3 is 1. The lowest BCUT2D eigenvalue weighted by molar-refractivity contribution is -0.147. The molecule has 1 saturated heterocycles. The normalized spacial score (nSPS) is 16.2. The second kappa shape index (κ2) is 8.54. The van der Waals surface area contributed by atoms with Gasteiger partial charge in [0.25, 0.3) is 0 Å². The zero-order chi connectivity index (χ0) is 15.8. The van der Waals surface area contributed by atoms with Gasteiger partial charge in [0.05, 0.1) is 19.6 Å². The van der Waals surface area contributed by atoms with Crippen LogP contribution < -0.4 is 4.74 Å². The maximum absolute atomic E-state index is 11.5. The molecule has 0 spiro atoms. The Hall–Kier alpha value is -1.88. The first kappa shape index (κ1) is 16.5. The van der Waals surface area contributed by atoms with Crippen molar-refractivity contribution in [2.75, 3.05) is 33.4 Å². The molecule has 1 heterocycles. The predicted molar refractivity (Wildman–Crippen MR) is 83.1 cm³/mol. The van der Waals surface area contributed by atoms with Crippen molar-refractivity contribution in [3.8, 4) is 5.75 Å². The van der Waals surface area contributed by atoms with Gasteiger partial charge in [-0.2, -0.15) is 0 Å². The topological polar surface area (TPSA) is 55.8 Å². The number of carbonyl (C=O) groups excluding carboxylic acids is 2. The van der Waals surface area contributed by atoms with Crippen LogP contribution in [0, 0.1) is 5.92 Å². The van der Waals surface area contributed by atoms with E-state index in [9.17, 15) is 9.59 Å². The summed E-state index contributed by atoms with van der Waals surface area (Å²) in [6.45, 7) is 3.50. The minimum Gasteiger partial charge on any atom is -0.494 e. The molecule has 1 fully saturated rings. The van der Waals surface area contributed by atoms with Gasteiger partial charge >= 0.3 is 5.97 Å². The number of carbonyl (C=O) groups is 2. The number of esters is 1. The van der Waals surface area contributed by atoms with Gasteiger partial charge in [0, 0.05) is 12.1 Å². The number of piperidine rings is 1. The molecule has 0 amide bonds. The van der Waals surface area contributed by atoms with Gasteiger partial charge in [0.2, 0.25) is 0 Å². The second-order valence-electron chi connectivity index (χ2n) is 5.53. The van der Waals surface area contributed by atoms with Crippen LogP contribution in [0.4, 0.5) is 0 Å². The number of nitrogens with zero attached hydrogens (tertiary/aromatic N) is 1. The van der Waals surface area contributed by atoms with E-state index in [4.69, 9.17) is 9.47 Å². The molecule has 1 aromatic carbocycles. The molecule has 0 radical (unpaired) electrons. The van der Waals surface area contributed by atoms with Gasteiger partial charge in [-0.15, -0.1) is 0 Å². The van der Waals surface area contributed by atoms with Gasteiger partial charge < -0.3 is 14.4 Å².